The Balaban J connectivity index is 1.37. The Morgan fingerprint density at radius 2 is 1.86 bits per heavy atom. The van der Waals surface area contributed by atoms with E-state index in [1.165, 1.54) is 23.4 Å². The summed E-state index contributed by atoms with van der Waals surface area (Å²) in [6.07, 6.45) is 5.57. The molecule has 1 saturated heterocycles. The van der Waals surface area contributed by atoms with Crippen molar-refractivity contribution in [2.75, 3.05) is 13.1 Å². The van der Waals surface area contributed by atoms with Crippen molar-refractivity contribution in [1.29, 1.82) is 0 Å². The van der Waals surface area contributed by atoms with Crippen LogP contribution in [0.25, 0.3) is 11.0 Å². The minimum atomic E-state index is -0.609. The Morgan fingerprint density at radius 1 is 1.14 bits per heavy atom. The van der Waals surface area contributed by atoms with Gasteiger partial charge in [-0.2, -0.15) is 0 Å². The summed E-state index contributed by atoms with van der Waals surface area (Å²) >= 11 is 0. The van der Waals surface area contributed by atoms with E-state index in [2.05, 4.69) is 46.1 Å². The summed E-state index contributed by atoms with van der Waals surface area (Å²) in [5.41, 5.74) is 2.04. The maximum Gasteiger partial charge on any atom is 0.327 e. The molecule has 2 aromatic heterocycles. The standard InChI is InChI=1S/C22H24N4O3/c1-14-2-4-15(5-3-14)6-7-16-8-10-26(11-9-16)21(28)17-12-18-19(23-13-17)24-22(29)25-20(18)27/h2-5,12-13,16H,6-11H2,1H3,(H2,23,24,25,27,29). The van der Waals surface area contributed by atoms with Crippen LogP contribution in [0.3, 0.4) is 0 Å². The Morgan fingerprint density at radius 3 is 2.59 bits per heavy atom. The minimum absolute atomic E-state index is 0.123. The van der Waals surface area contributed by atoms with Crippen LogP contribution < -0.4 is 11.2 Å². The number of aromatic amines is 2. The van der Waals surface area contributed by atoms with E-state index >= 15 is 0 Å². The fraction of sp³-hybridized carbons (Fsp3) is 0.364. The molecule has 3 aromatic rings. The van der Waals surface area contributed by atoms with Gasteiger partial charge in [0.15, 0.2) is 0 Å². The number of hydrogen-bond acceptors (Lipinski definition) is 4. The fourth-order valence-corrected chi connectivity index (χ4v) is 3.90. The van der Waals surface area contributed by atoms with E-state index in [0.29, 0.717) is 24.6 Å². The zero-order valence-electron chi connectivity index (χ0n) is 16.4. The number of carbonyl (C=O) groups excluding carboxylic acids is 1. The van der Waals surface area contributed by atoms with Gasteiger partial charge >= 0.3 is 5.69 Å². The van der Waals surface area contributed by atoms with E-state index in [1.54, 1.807) is 0 Å². The number of rotatable bonds is 4. The van der Waals surface area contributed by atoms with E-state index in [-0.39, 0.29) is 16.9 Å². The summed E-state index contributed by atoms with van der Waals surface area (Å²) in [5, 5.41) is 0.212. The van der Waals surface area contributed by atoms with Crippen LogP contribution >= 0.6 is 0 Å². The second kappa shape index (κ2) is 8.03. The highest BCUT2D eigenvalue weighted by Crippen LogP contribution is 2.24. The number of piperidine rings is 1. The number of amides is 1. The van der Waals surface area contributed by atoms with Crippen LogP contribution in [0.15, 0.2) is 46.1 Å². The van der Waals surface area contributed by atoms with Gasteiger partial charge in [-0.25, -0.2) is 9.78 Å². The highest BCUT2D eigenvalue weighted by molar-refractivity contribution is 5.96. The third-order valence-electron chi connectivity index (χ3n) is 5.70. The van der Waals surface area contributed by atoms with Crippen LogP contribution in [0.2, 0.25) is 0 Å². The maximum absolute atomic E-state index is 12.8. The zero-order valence-corrected chi connectivity index (χ0v) is 16.4. The Bertz CT molecular complexity index is 1140. The Kier molecular flexibility index (Phi) is 5.29. The molecule has 1 amide bonds. The molecule has 1 fully saturated rings. The lowest BCUT2D eigenvalue weighted by atomic mass is 9.90. The van der Waals surface area contributed by atoms with Gasteiger partial charge in [-0.1, -0.05) is 29.8 Å². The van der Waals surface area contributed by atoms with Gasteiger partial charge in [-0.05, 0) is 50.2 Å². The molecule has 0 radical (unpaired) electrons. The van der Waals surface area contributed by atoms with E-state index < -0.39 is 11.2 Å². The van der Waals surface area contributed by atoms with Gasteiger partial charge in [0.2, 0.25) is 0 Å². The number of fused-ring (bicyclic) bond motifs is 1. The molecule has 2 N–H and O–H groups in total. The largest absolute Gasteiger partial charge is 0.339 e. The van der Waals surface area contributed by atoms with Crippen molar-refractivity contribution in [1.82, 2.24) is 19.9 Å². The van der Waals surface area contributed by atoms with Crippen LogP contribution in [-0.2, 0) is 6.42 Å². The zero-order chi connectivity index (χ0) is 20.4. The lowest BCUT2D eigenvalue weighted by Gasteiger charge is -2.32. The smallest absolute Gasteiger partial charge is 0.327 e. The second-order valence-electron chi connectivity index (χ2n) is 7.79. The molecule has 7 heteroatoms. The molecule has 0 unspecified atom stereocenters. The third-order valence-corrected chi connectivity index (χ3v) is 5.70. The molecule has 0 saturated carbocycles. The number of nitrogens with one attached hydrogen (secondary N) is 2. The quantitative estimate of drug-likeness (QED) is 0.712. The number of H-pyrrole nitrogens is 2. The molecule has 1 aromatic carbocycles. The topological polar surface area (TPSA) is 98.9 Å². The normalized spacial score (nSPS) is 15.0. The summed E-state index contributed by atoms with van der Waals surface area (Å²) in [7, 11) is 0. The Labute approximate surface area is 167 Å². The summed E-state index contributed by atoms with van der Waals surface area (Å²) in [6.45, 7) is 3.51. The average Bonchev–Trinajstić information content (AvgIpc) is 2.73. The lowest BCUT2D eigenvalue weighted by Crippen LogP contribution is -2.38. The number of likely N-dealkylation sites (tertiary alicyclic amines) is 1. The summed E-state index contributed by atoms with van der Waals surface area (Å²) in [4.78, 5) is 46.7. The fourth-order valence-electron chi connectivity index (χ4n) is 3.90. The molecule has 150 valence electrons. The van der Waals surface area contributed by atoms with Crippen molar-refractivity contribution < 1.29 is 4.79 Å². The number of aromatic nitrogens is 3. The molecule has 3 heterocycles. The molecular formula is C22H24N4O3. The molecule has 1 aliphatic rings. The molecular weight excluding hydrogens is 368 g/mol. The average molecular weight is 392 g/mol. The van der Waals surface area contributed by atoms with E-state index in [4.69, 9.17) is 0 Å². The monoisotopic (exact) mass is 392 g/mol. The molecule has 0 aliphatic carbocycles. The highest BCUT2D eigenvalue weighted by atomic mass is 16.2. The maximum atomic E-state index is 12.8. The van der Waals surface area contributed by atoms with Crippen LogP contribution in [0.4, 0.5) is 0 Å². The van der Waals surface area contributed by atoms with Gasteiger partial charge in [0.1, 0.15) is 5.65 Å². The molecule has 0 bridgehead atoms. The molecule has 1 aliphatic heterocycles. The predicted molar refractivity (Wildman–Crippen MR) is 111 cm³/mol. The summed E-state index contributed by atoms with van der Waals surface area (Å²) in [5.74, 6) is 0.491. The number of pyridine rings is 1. The van der Waals surface area contributed by atoms with Crippen LogP contribution in [0.1, 0.15) is 40.7 Å². The van der Waals surface area contributed by atoms with Crippen LogP contribution in [-0.4, -0.2) is 38.8 Å². The number of nitrogens with zero attached hydrogens (tertiary/aromatic N) is 2. The predicted octanol–water partition coefficient (Wildman–Crippen LogP) is 2.40. The first-order chi connectivity index (χ1) is 14.0. The van der Waals surface area contributed by atoms with Gasteiger partial charge in [0.25, 0.3) is 11.5 Å². The first-order valence-corrected chi connectivity index (χ1v) is 9.97. The van der Waals surface area contributed by atoms with Crippen molar-refractivity contribution >= 4 is 16.9 Å². The molecule has 4 rings (SSSR count). The van der Waals surface area contributed by atoms with Gasteiger partial charge in [0.05, 0.1) is 10.9 Å². The van der Waals surface area contributed by atoms with Gasteiger partial charge in [-0.3, -0.25) is 19.6 Å². The molecule has 0 spiro atoms. The SMILES string of the molecule is Cc1ccc(CCC2CCN(C(=O)c3cnc4[nH]c(=O)[nH]c(=O)c4c3)CC2)cc1. The second-order valence-corrected chi connectivity index (χ2v) is 7.79. The first kappa shape index (κ1) is 19.1. The summed E-state index contributed by atoms with van der Waals surface area (Å²) < 4.78 is 0. The number of aryl methyl sites for hydroxylation is 2. The highest BCUT2D eigenvalue weighted by Gasteiger charge is 2.24. The van der Waals surface area contributed by atoms with Crippen molar-refractivity contribution in [2.24, 2.45) is 5.92 Å². The summed E-state index contributed by atoms with van der Waals surface area (Å²) in [6, 6.07) is 10.2. The van der Waals surface area contributed by atoms with Crippen molar-refractivity contribution in [3.8, 4) is 0 Å². The van der Waals surface area contributed by atoms with Gasteiger partial charge in [0, 0.05) is 19.3 Å². The minimum Gasteiger partial charge on any atom is -0.339 e. The molecule has 0 atom stereocenters. The van der Waals surface area contributed by atoms with Crippen molar-refractivity contribution in [3.63, 3.8) is 0 Å². The third kappa shape index (κ3) is 4.29. The number of carbonyl (C=O) groups is 1. The Hall–Kier alpha value is -3.22. The van der Waals surface area contributed by atoms with Gasteiger partial charge in [-0.15, -0.1) is 0 Å². The molecule has 29 heavy (non-hydrogen) atoms. The van der Waals surface area contributed by atoms with E-state index in [9.17, 15) is 14.4 Å². The van der Waals surface area contributed by atoms with Crippen LogP contribution in [0, 0.1) is 12.8 Å². The van der Waals surface area contributed by atoms with Crippen LogP contribution in [0.5, 0.6) is 0 Å². The van der Waals surface area contributed by atoms with Crippen molar-refractivity contribution in [3.05, 3.63) is 74.1 Å². The van der Waals surface area contributed by atoms with Crippen molar-refractivity contribution in [2.45, 2.75) is 32.6 Å². The van der Waals surface area contributed by atoms with Gasteiger partial charge < -0.3 is 4.90 Å². The van der Waals surface area contributed by atoms with E-state index in [1.807, 2.05) is 4.90 Å². The molecule has 7 nitrogen and oxygen atoms in total. The number of benzene rings is 1. The van der Waals surface area contributed by atoms with E-state index in [0.717, 1.165) is 25.7 Å². The lowest BCUT2D eigenvalue weighted by molar-refractivity contribution is 0.0686. The first-order valence-electron chi connectivity index (χ1n) is 9.97. The number of hydrogen-bond donors (Lipinski definition) is 2.